The van der Waals surface area contributed by atoms with Gasteiger partial charge in [-0.3, -0.25) is 4.79 Å². The van der Waals surface area contributed by atoms with Gasteiger partial charge in [0.2, 0.25) is 17.6 Å². The van der Waals surface area contributed by atoms with Gasteiger partial charge in [-0.25, -0.2) is 0 Å². The smallest absolute Gasteiger partial charge is 0.249 e. The molecule has 1 aromatic carbocycles. The molecule has 0 fully saturated rings. The van der Waals surface area contributed by atoms with Gasteiger partial charge in [0.1, 0.15) is 6.10 Å². The maximum atomic E-state index is 12.4. The first-order valence-electron chi connectivity index (χ1n) is 8.68. The predicted molar refractivity (Wildman–Crippen MR) is 94.0 cm³/mol. The number of nitrogens with zero attached hydrogens (tertiary/aromatic N) is 3. The van der Waals surface area contributed by atoms with E-state index < -0.39 is 6.10 Å². The van der Waals surface area contributed by atoms with E-state index in [0.29, 0.717) is 24.7 Å². The highest BCUT2D eigenvalue weighted by atomic mass is 16.5. The zero-order valence-corrected chi connectivity index (χ0v) is 14.5. The SMILES string of the molecule is CCn1cccc1-c1noc(CNC(=O)C2Cc3ccccc3CO2)n1. The average Bonchev–Trinajstić information content (AvgIpc) is 3.34. The van der Waals surface area contributed by atoms with E-state index in [0.717, 1.165) is 23.4 Å². The van der Waals surface area contributed by atoms with E-state index in [1.165, 1.54) is 0 Å². The first kappa shape index (κ1) is 16.5. The molecule has 3 aromatic rings. The quantitative estimate of drug-likeness (QED) is 0.762. The lowest BCUT2D eigenvalue weighted by Crippen LogP contribution is -2.39. The maximum absolute atomic E-state index is 12.4. The fraction of sp³-hybridized carbons (Fsp3) is 0.316. The lowest BCUT2D eigenvalue weighted by atomic mass is 9.99. The number of fused-ring (bicyclic) bond motifs is 1. The monoisotopic (exact) mass is 352 g/mol. The average molecular weight is 352 g/mol. The van der Waals surface area contributed by atoms with Crippen LogP contribution in [-0.2, 0) is 35.6 Å². The van der Waals surface area contributed by atoms with Crippen molar-refractivity contribution in [2.45, 2.75) is 39.1 Å². The second kappa shape index (κ2) is 7.13. The molecule has 26 heavy (non-hydrogen) atoms. The van der Waals surface area contributed by atoms with Crippen molar-refractivity contribution in [1.29, 1.82) is 0 Å². The molecule has 1 aliphatic rings. The van der Waals surface area contributed by atoms with Crippen molar-refractivity contribution in [3.05, 3.63) is 59.6 Å². The van der Waals surface area contributed by atoms with Crippen LogP contribution >= 0.6 is 0 Å². The maximum Gasteiger partial charge on any atom is 0.249 e. The number of aromatic nitrogens is 3. The molecule has 0 spiro atoms. The van der Waals surface area contributed by atoms with E-state index in [2.05, 4.69) is 15.5 Å². The minimum absolute atomic E-state index is 0.170. The van der Waals surface area contributed by atoms with Crippen molar-refractivity contribution in [3.63, 3.8) is 0 Å². The fourth-order valence-corrected chi connectivity index (χ4v) is 3.11. The molecule has 134 valence electrons. The van der Waals surface area contributed by atoms with Gasteiger partial charge in [0.05, 0.1) is 18.8 Å². The Kier molecular flexibility index (Phi) is 4.53. The Bertz CT molecular complexity index is 915. The Morgan fingerprint density at radius 1 is 1.27 bits per heavy atom. The first-order chi connectivity index (χ1) is 12.7. The number of aryl methyl sites for hydroxylation is 1. The molecule has 2 aromatic heterocycles. The summed E-state index contributed by atoms with van der Waals surface area (Å²) < 4.78 is 12.9. The van der Waals surface area contributed by atoms with Crippen molar-refractivity contribution >= 4 is 5.91 Å². The standard InChI is InChI=1S/C19H20N4O3/c1-2-23-9-5-8-15(23)18-21-17(26-22-18)11-20-19(24)16-10-13-6-3-4-7-14(13)12-25-16/h3-9,16H,2,10-12H2,1H3,(H,20,24). The number of rotatable bonds is 5. The van der Waals surface area contributed by atoms with Gasteiger partial charge >= 0.3 is 0 Å². The van der Waals surface area contributed by atoms with Crippen molar-refractivity contribution in [2.24, 2.45) is 0 Å². The second-order valence-corrected chi connectivity index (χ2v) is 6.18. The Hall–Kier alpha value is -2.93. The highest BCUT2D eigenvalue weighted by molar-refractivity contribution is 5.81. The van der Waals surface area contributed by atoms with Crippen LogP contribution in [0.1, 0.15) is 23.9 Å². The summed E-state index contributed by atoms with van der Waals surface area (Å²) in [4.78, 5) is 16.7. The summed E-state index contributed by atoms with van der Waals surface area (Å²) in [7, 11) is 0. The van der Waals surface area contributed by atoms with Gasteiger partial charge in [-0.05, 0) is 30.2 Å². The lowest BCUT2D eigenvalue weighted by Gasteiger charge is -2.24. The van der Waals surface area contributed by atoms with Crippen LogP contribution in [0.25, 0.3) is 11.5 Å². The van der Waals surface area contributed by atoms with Gasteiger partial charge in [0, 0.05) is 19.2 Å². The molecule has 1 aliphatic heterocycles. The third kappa shape index (κ3) is 3.25. The largest absolute Gasteiger partial charge is 0.363 e. The Morgan fingerprint density at radius 3 is 2.96 bits per heavy atom. The molecule has 1 unspecified atom stereocenters. The summed E-state index contributed by atoms with van der Waals surface area (Å²) in [5.41, 5.74) is 3.18. The summed E-state index contributed by atoms with van der Waals surface area (Å²) in [5.74, 6) is 0.716. The third-order valence-corrected chi connectivity index (χ3v) is 4.54. The van der Waals surface area contributed by atoms with Gasteiger partial charge in [0.15, 0.2) is 0 Å². The van der Waals surface area contributed by atoms with Crippen LogP contribution in [0.15, 0.2) is 47.1 Å². The summed E-state index contributed by atoms with van der Waals surface area (Å²) in [6.07, 6.45) is 2.04. The van der Waals surface area contributed by atoms with E-state index in [1.807, 2.05) is 54.1 Å². The Balaban J connectivity index is 1.37. The summed E-state index contributed by atoms with van der Waals surface area (Å²) in [6.45, 7) is 3.50. The second-order valence-electron chi connectivity index (χ2n) is 6.18. The summed E-state index contributed by atoms with van der Waals surface area (Å²) >= 11 is 0. The van der Waals surface area contributed by atoms with E-state index in [1.54, 1.807) is 0 Å². The summed E-state index contributed by atoms with van der Waals surface area (Å²) in [5, 5.41) is 6.82. The molecule has 0 aliphatic carbocycles. The van der Waals surface area contributed by atoms with Gasteiger partial charge in [0.25, 0.3) is 0 Å². The molecular formula is C19H20N4O3. The van der Waals surface area contributed by atoms with Crippen LogP contribution < -0.4 is 5.32 Å². The van der Waals surface area contributed by atoms with E-state index in [4.69, 9.17) is 9.26 Å². The molecule has 1 N–H and O–H groups in total. The number of hydrogen-bond acceptors (Lipinski definition) is 5. The highest BCUT2D eigenvalue weighted by Gasteiger charge is 2.25. The minimum Gasteiger partial charge on any atom is -0.363 e. The van der Waals surface area contributed by atoms with Gasteiger partial charge in [-0.15, -0.1) is 0 Å². The highest BCUT2D eigenvalue weighted by Crippen LogP contribution is 2.20. The molecule has 3 heterocycles. The minimum atomic E-state index is -0.496. The van der Waals surface area contributed by atoms with Crippen molar-refractivity contribution in [3.8, 4) is 11.5 Å². The zero-order valence-electron chi connectivity index (χ0n) is 14.5. The zero-order chi connectivity index (χ0) is 17.9. The molecule has 0 saturated carbocycles. The predicted octanol–water partition coefficient (Wildman–Crippen LogP) is 2.32. The number of carbonyl (C=O) groups excluding carboxylic acids is 1. The molecule has 7 nitrogen and oxygen atoms in total. The molecule has 0 saturated heterocycles. The van der Waals surface area contributed by atoms with Crippen LogP contribution in [0, 0.1) is 0 Å². The van der Waals surface area contributed by atoms with Crippen molar-refractivity contribution in [1.82, 2.24) is 20.0 Å². The van der Waals surface area contributed by atoms with Gasteiger partial charge in [-0.1, -0.05) is 29.4 Å². The third-order valence-electron chi connectivity index (χ3n) is 4.54. The normalized spacial score (nSPS) is 16.3. The number of hydrogen-bond donors (Lipinski definition) is 1. The van der Waals surface area contributed by atoms with Crippen LogP contribution in [0.2, 0.25) is 0 Å². The fourth-order valence-electron chi connectivity index (χ4n) is 3.11. The number of amides is 1. The van der Waals surface area contributed by atoms with Gasteiger partial charge in [-0.2, -0.15) is 4.98 Å². The topological polar surface area (TPSA) is 82.2 Å². The van der Waals surface area contributed by atoms with Crippen LogP contribution in [0.3, 0.4) is 0 Å². The molecular weight excluding hydrogens is 332 g/mol. The van der Waals surface area contributed by atoms with Crippen LogP contribution in [-0.4, -0.2) is 26.7 Å². The summed E-state index contributed by atoms with van der Waals surface area (Å²) in [6, 6.07) is 11.9. The lowest BCUT2D eigenvalue weighted by molar-refractivity contribution is -0.134. The number of carbonyl (C=O) groups is 1. The molecule has 0 radical (unpaired) electrons. The first-order valence-corrected chi connectivity index (χ1v) is 8.68. The van der Waals surface area contributed by atoms with E-state index in [-0.39, 0.29) is 12.5 Å². The number of benzene rings is 1. The van der Waals surface area contributed by atoms with Crippen LogP contribution in [0.4, 0.5) is 0 Å². The van der Waals surface area contributed by atoms with E-state index in [9.17, 15) is 4.79 Å². The number of nitrogens with one attached hydrogen (secondary N) is 1. The Labute approximate surface area is 151 Å². The molecule has 4 rings (SSSR count). The van der Waals surface area contributed by atoms with Crippen LogP contribution in [0.5, 0.6) is 0 Å². The molecule has 1 atom stereocenters. The number of ether oxygens (including phenoxy) is 1. The molecule has 0 bridgehead atoms. The van der Waals surface area contributed by atoms with E-state index >= 15 is 0 Å². The molecule has 7 heteroatoms. The Morgan fingerprint density at radius 2 is 2.12 bits per heavy atom. The van der Waals surface area contributed by atoms with Crippen molar-refractivity contribution in [2.75, 3.05) is 0 Å². The van der Waals surface area contributed by atoms with Crippen molar-refractivity contribution < 1.29 is 14.1 Å². The van der Waals surface area contributed by atoms with Gasteiger partial charge < -0.3 is 19.1 Å². The molecule has 1 amide bonds.